The van der Waals surface area contributed by atoms with Crippen LogP contribution in [-0.4, -0.2) is 21.6 Å². The Morgan fingerprint density at radius 3 is 3.00 bits per heavy atom. The molecule has 0 aromatic carbocycles. The topological polar surface area (TPSA) is 45.8 Å². The average molecular weight is 328 g/mol. The van der Waals surface area contributed by atoms with Gasteiger partial charge in [0.25, 0.3) is 5.56 Å². The molecule has 2 aromatic heterocycles. The third-order valence-corrected chi connectivity index (χ3v) is 6.76. The predicted octanol–water partition coefficient (Wildman–Crippen LogP) is 3.93. The van der Waals surface area contributed by atoms with Crippen molar-refractivity contribution in [1.82, 2.24) is 9.97 Å². The van der Waals surface area contributed by atoms with Crippen molar-refractivity contribution in [2.45, 2.75) is 48.2 Å². The zero-order chi connectivity index (χ0) is 14.6. The van der Waals surface area contributed by atoms with Crippen LogP contribution in [0.15, 0.2) is 9.00 Å². The summed E-state index contributed by atoms with van der Waals surface area (Å²) in [6.07, 6.45) is 2.05. The molecule has 1 N–H and O–H groups in total. The van der Waals surface area contributed by atoms with E-state index in [4.69, 9.17) is 0 Å². The Balaban J connectivity index is 1.81. The number of rotatable bonds is 1. The molecule has 1 aliphatic carbocycles. The molecular formula is C14H14F2N2OS2. The Morgan fingerprint density at radius 1 is 1.38 bits per heavy atom. The molecule has 3 heterocycles. The van der Waals surface area contributed by atoms with Crippen LogP contribution >= 0.6 is 23.1 Å². The smallest absolute Gasteiger partial charge is 0.259 e. The summed E-state index contributed by atoms with van der Waals surface area (Å²) in [6.45, 7) is 0. The number of thiophene rings is 1. The van der Waals surface area contributed by atoms with Crippen molar-refractivity contribution < 1.29 is 8.78 Å². The van der Waals surface area contributed by atoms with Gasteiger partial charge in [0.1, 0.15) is 10.7 Å². The van der Waals surface area contributed by atoms with Crippen molar-refractivity contribution in [2.75, 3.05) is 5.75 Å². The van der Waals surface area contributed by atoms with Gasteiger partial charge in [0.15, 0.2) is 0 Å². The molecular weight excluding hydrogens is 314 g/mol. The van der Waals surface area contributed by atoms with E-state index in [1.807, 2.05) is 0 Å². The van der Waals surface area contributed by atoms with Crippen LogP contribution in [-0.2, 0) is 6.42 Å². The summed E-state index contributed by atoms with van der Waals surface area (Å²) in [5.74, 6) is -1.44. The lowest BCUT2D eigenvalue weighted by Gasteiger charge is -2.10. The number of fused-ring (bicyclic) bond motifs is 3. The number of nitrogens with zero attached hydrogens (tertiary/aromatic N) is 1. The summed E-state index contributed by atoms with van der Waals surface area (Å²) in [5.41, 5.74) is 0.938. The summed E-state index contributed by atoms with van der Waals surface area (Å²) >= 11 is 3.30. The first-order valence-corrected chi connectivity index (χ1v) is 8.90. The summed E-state index contributed by atoms with van der Waals surface area (Å²) in [5, 5.41) is 0.677. The van der Waals surface area contributed by atoms with Crippen LogP contribution in [0.25, 0.3) is 10.2 Å². The first-order chi connectivity index (χ1) is 10.0. The molecule has 4 rings (SSSR count). The average Bonchev–Trinajstić information content (AvgIpc) is 2.98. The summed E-state index contributed by atoms with van der Waals surface area (Å²) in [4.78, 5) is 20.3. The maximum Gasteiger partial charge on any atom is 0.259 e. The van der Waals surface area contributed by atoms with Crippen LogP contribution in [0.5, 0.6) is 0 Å². The number of hydrogen-bond acceptors (Lipinski definition) is 4. The van der Waals surface area contributed by atoms with Crippen molar-refractivity contribution in [2.24, 2.45) is 0 Å². The molecule has 0 radical (unpaired) electrons. The number of hydrogen-bond donors (Lipinski definition) is 1. The largest absolute Gasteiger partial charge is 0.310 e. The van der Waals surface area contributed by atoms with Gasteiger partial charge in [0.2, 0.25) is 5.92 Å². The van der Waals surface area contributed by atoms with E-state index < -0.39 is 5.92 Å². The molecule has 0 spiro atoms. The second kappa shape index (κ2) is 4.78. The maximum atomic E-state index is 13.4. The molecule has 0 bridgehead atoms. The summed E-state index contributed by atoms with van der Waals surface area (Å²) < 4.78 is 27.9. The molecule has 2 aromatic rings. The number of aromatic nitrogens is 2. The lowest BCUT2D eigenvalue weighted by molar-refractivity contribution is 0.00754. The molecule has 1 unspecified atom stereocenters. The summed E-state index contributed by atoms with van der Waals surface area (Å²) in [7, 11) is 0. The van der Waals surface area contributed by atoms with Gasteiger partial charge >= 0.3 is 0 Å². The van der Waals surface area contributed by atoms with E-state index in [1.165, 1.54) is 15.5 Å². The van der Waals surface area contributed by atoms with Crippen LogP contribution in [0, 0.1) is 0 Å². The third-order valence-electron chi connectivity index (χ3n) is 4.24. The van der Waals surface area contributed by atoms with Crippen LogP contribution in [0.4, 0.5) is 8.78 Å². The Bertz CT molecular complexity index is 768. The van der Waals surface area contributed by atoms with E-state index in [-0.39, 0.29) is 24.3 Å². The predicted molar refractivity (Wildman–Crippen MR) is 80.8 cm³/mol. The highest BCUT2D eigenvalue weighted by Gasteiger charge is 2.41. The standard InChI is InChI=1S/C14H14F2N2OS2/c15-14(16)4-3-7(6-14)10-17-11(19)9-8-2-1-5-20-13(8)21-12(9)18-10/h7H,1-6H2,(H,17,18,19). The molecule has 3 nitrogen and oxygen atoms in total. The Kier molecular flexibility index (Phi) is 3.11. The van der Waals surface area contributed by atoms with Crippen LogP contribution in [0.1, 0.15) is 43.0 Å². The van der Waals surface area contributed by atoms with Gasteiger partial charge in [-0.3, -0.25) is 4.79 Å². The van der Waals surface area contributed by atoms with E-state index in [1.54, 1.807) is 11.8 Å². The highest BCUT2D eigenvalue weighted by Crippen LogP contribution is 2.44. The van der Waals surface area contributed by atoms with Crippen LogP contribution in [0.3, 0.4) is 0 Å². The monoisotopic (exact) mass is 328 g/mol. The van der Waals surface area contributed by atoms with Crippen molar-refractivity contribution in [3.05, 3.63) is 21.7 Å². The number of alkyl halides is 2. The van der Waals surface area contributed by atoms with E-state index in [2.05, 4.69) is 9.97 Å². The second-order valence-corrected chi connectivity index (χ2v) is 8.11. The molecule has 1 fully saturated rings. The molecule has 1 atom stereocenters. The van der Waals surface area contributed by atoms with Crippen molar-refractivity contribution in [3.8, 4) is 0 Å². The molecule has 1 saturated carbocycles. The zero-order valence-electron chi connectivity index (χ0n) is 11.2. The Morgan fingerprint density at radius 2 is 2.24 bits per heavy atom. The van der Waals surface area contributed by atoms with Gasteiger partial charge in [0, 0.05) is 18.8 Å². The Labute approximate surface area is 128 Å². The van der Waals surface area contributed by atoms with Gasteiger partial charge < -0.3 is 4.98 Å². The van der Waals surface area contributed by atoms with Gasteiger partial charge in [0.05, 0.1) is 9.60 Å². The lowest BCUT2D eigenvalue weighted by atomic mass is 10.1. The van der Waals surface area contributed by atoms with Crippen molar-refractivity contribution in [3.63, 3.8) is 0 Å². The van der Waals surface area contributed by atoms with E-state index in [0.29, 0.717) is 22.5 Å². The minimum absolute atomic E-state index is 0.115. The number of thioether (sulfide) groups is 1. The first kappa shape index (κ1) is 13.7. The van der Waals surface area contributed by atoms with Gasteiger partial charge in [-0.2, -0.15) is 0 Å². The van der Waals surface area contributed by atoms with E-state index in [9.17, 15) is 13.6 Å². The molecule has 0 amide bonds. The molecule has 1 aliphatic heterocycles. The first-order valence-electron chi connectivity index (χ1n) is 7.10. The van der Waals surface area contributed by atoms with Gasteiger partial charge in [-0.1, -0.05) is 0 Å². The van der Waals surface area contributed by atoms with Crippen molar-refractivity contribution >= 4 is 33.3 Å². The third kappa shape index (κ3) is 2.30. The van der Waals surface area contributed by atoms with Gasteiger partial charge in [-0.25, -0.2) is 13.8 Å². The number of halogens is 2. The van der Waals surface area contributed by atoms with Crippen LogP contribution in [0.2, 0.25) is 0 Å². The highest BCUT2D eigenvalue weighted by atomic mass is 32.2. The fourth-order valence-corrected chi connectivity index (χ4v) is 5.73. The fraction of sp³-hybridized carbons (Fsp3) is 0.571. The lowest BCUT2D eigenvalue weighted by Crippen LogP contribution is -2.16. The molecule has 0 saturated heterocycles. The second-order valence-electron chi connectivity index (χ2n) is 5.75. The fourth-order valence-electron chi connectivity index (χ4n) is 3.19. The number of aryl methyl sites for hydroxylation is 1. The van der Waals surface area contributed by atoms with E-state index in [0.717, 1.165) is 24.2 Å². The van der Waals surface area contributed by atoms with Crippen molar-refractivity contribution in [1.29, 1.82) is 0 Å². The minimum atomic E-state index is -2.62. The van der Waals surface area contributed by atoms with Gasteiger partial charge in [-0.15, -0.1) is 23.1 Å². The number of nitrogens with one attached hydrogen (secondary N) is 1. The quantitative estimate of drug-likeness (QED) is 0.863. The molecule has 2 aliphatic rings. The minimum Gasteiger partial charge on any atom is -0.310 e. The SMILES string of the molecule is O=c1[nH]c(C2CCC(F)(F)C2)nc2sc3c(c12)CCCS3. The molecule has 7 heteroatoms. The van der Waals surface area contributed by atoms with Gasteiger partial charge in [-0.05, 0) is 30.6 Å². The van der Waals surface area contributed by atoms with E-state index >= 15 is 0 Å². The van der Waals surface area contributed by atoms with Crippen LogP contribution < -0.4 is 5.56 Å². The highest BCUT2D eigenvalue weighted by molar-refractivity contribution is 8.01. The summed E-state index contributed by atoms with van der Waals surface area (Å²) in [6, 6.07) is 0. The normalized spacial score (nSPS) is 24.4. The number of H-pyrrole nitrogens is 1. The Hall–Kier alpha value is -0.950. The zero-order valence-corrected chi connectivity index (χ0v) is 12.9. The number of aromatic amines is 1. The molecule has 112 valence electrons. The molecule has 21 heavy (non-hydrogen) atoms. The maximum absolute atomic E-state index is 13.4.